The second-order valence-corrected chi connectivity index (χ2v) is 6.66. The number of benzene rings is 1. The van der Waals surface area contributed by atoms with Crippen LogP contribution < -0.4 is 10.6 Å². The van der Waals surface area contributed by atoms with Crippen LogP contribution >= 0.6 is 0 Å². The molecule has 0 unspecified atom stereocenters. The van der Waals surface area contributed by atoms with Gasteiger partial charge in [0.25, 0.3) is 0 Å². The van der Waals surface area contributed by atoms with E-state index in [1.165, 1.54) is 10.6 Å². The lowest BCUT2D eigenvalue weighted by molar-refractivity contribution is 0.318. The van der Waals surface area contributed by atoms with Crippen molar-refractivity contribution in [1.82, 2.24) is 4.31 Å². The Kier molecular flexibility index (Phi) is 4.15. The molecule has 1 aromatic rings. The van der Waals surface area contributed by atoms with E-state index >= 15 is 0 Å². The van der Waals surface area contributed by atoms with Gasteiger partial charge in [-0.05, 0) is 24.3 Å². The first-order valence-electron chi connectivity index (χ1n) is 6.20. The molecule has 7 nitrogen and oxygen atoms in total. The zero-order valence-electron chi connectivity index (χ0n) is 11.2. The maximum Gasteiger partial charge on any atom is 0.211 e. The molecule has 1 aliphatic rings. The number of rotatable bonds is 3. The fourth-order valence-corrected chi connectivity index (χ4v) is 3.01. The van der Waals surface area contributed by atoms with Crippen LogP contribution in [0.2, 0.25) is 0 Å². The summed E-state index contributed by atoms with van der Waals surface area (Å²) in [5.41, 5.74) is 7.14. The highest BCUT2D eigenvalue weighted by atomic mass is 32.2. The van der Waals surface area contributed by atoms with Crippen LogP contribution in [0, 0.1) is 0 Å². The second kappa shape index (κ2) is 5.68. The van der Waals surface area contributed by atoms with Gasteiger partial charge in [-0.3, -0.25) is 0 Å². The third kappa shape index (κ3) is 3.20. The summed E-state index contributed by atoms with van der Waals surface area (Å²) in [7, 11) is -3.11. The standard InChI is InChI=1S/C12H18N4O3S/c1-20(18,19)16-8-6-15(7-9-16)11-4-2-10(3-5-11)12(13)14-17/h2-5,17H,6-9H2,1H3,(H2,13,14). The molecule has 0 spiro atoms. The van der Waals surface area contributed by atoms with E-state index in [0.717, 1.165) is 5.69 Å². The molecule has 0 aliphatic carbocycles. The zero-order chi connectivity index (χ0) is 14.8. The molecule has 3 N–H and O–H groups in total. The fourth-order valence-electron chi connectivity index (χ4n) is 2.18. The number of hydrogen-bond donors (Lipinski definition) is 2. The van der Waals surface area contributed by atoms with E-state index < -0.39 is 10.0 Å². The van der Waals surface area contributed by atoms with Gasteiger partial charge < -0.3 is 15.8 Å². The molecule has 0 aromatic heterocycles. The van der Waals surface area contributed by atoms with E-state index in [4.69, 9.17) is 10.9 Å². The van der Waals surface area contributed by atoms with Crippen LogP contribution in [0.4, 0.5) is 5.69 Å². The van der Waals surface area contributed by atoms with E-state index in [1.54, 1.807) is 12.1 Å². The third-order valence-corrected chi connectivity index (χ3v) is 4.65. The molecule has 0 saturated carbocycles. The summed E-state index contributed by atoms with van der Waals surface area (Å²) < 4.78 is 24.4. The van der Waals surface area contributed by atoms with E-state index in [0.29, 0.717) is 31.7 Å². The van der Waals surface area contributed by atoms with Crippen LogP contribution in [0.1, 0.15) is 5.56 Å². The van der Waals surface area contributed by atoms with E-state index in [2.05, 4.69) is 10.1 Å². The predicted octanol–water partition coefficient (Wildman–Crippen LogP) is -0.137. The minimum atomic E-state index is -3.11. The number of oxime groups is 1. The van der Waals surface area contributed by atoms with Crippen molar-refractivity contribution in [1.29, 1.82) is 0 Å². The van der Waals surface area contributed by atoms with Crippen molar-refractivity contribution < 1.29 is 13.6 Å². The summed E-state index contributed by atoms with van der Waals surface area (Å²) in [4.78, 5) is 2.11. The maximum atomic E-state index is 11.4. The number of anilines is 1. The highest BCUT2D eigenvalue weighted by molar-refractivity contribution is 7.88. The molecule has 1 heterocycles. The van der Waals surface area contributed by atoms with Gasteiger partial charge in [0, 0.05) is 37.4 Å². The first-order chi connectivity index (χ1) is 9.41. The highest BCUT2D eigenvalue weighted by Crippen LogP contribution is 2.18. The average Bonchev–Trinajstić information content (AvgIpc) is 2.46. The van der Waals surface area contributed by atoms with Gasteiger partial charge in [0.05, 0.1) is 6.26 Å². The molecular formula is C12H18N4O3S. The molecule has 110 valence electrons. The summed E-state index contributed by atoms with van der Waals surface area (Å²) >= 11 is 0. The van der Waals surface area contributed by atoms with E-state index in [9.17, 15) is 8.42 Å². The Balaban J connectivity index is 2.04. The molecule has 1 aliphatic heterocycles. The van der Waals surface area contributed by atoms with Crippen molar-refractivity contribution in [2.45, 2.75) is 0 Å². The number of hydrogen-bond acceptors (Lipinski definition) is 5. The number of sulfonamides is 1. The molecule has 0 bridgehead atoms. The summed E-state index contributed by atoms with van der Waals surface area (Å²) in [5, 5.41) is 11.5. The van der Waals surface area contributed by atoms with Crippen LogP contribution in [0.3, 0.4) is 0 Å². The lowest BCUT2D eigenvalue weighted by Gasteiger charge is -2.34. The Bertz CT molecular complexity index is 590. The Morgan fingerprint density at radius 1 is 1.20 bits per heavy atom. The predicted molar refractivity (Wildman–Crippen MR) is 77.6 cm³/mol. The summed E-state index contributed by atoms with van der Waals surface area (Å²) in [6, 6.07) is 7.30. The summed E-state index contributed by atoms with van der Waals surface area (Å²) in [6.07, 6.45) is 1.23. The van der Waals surface area contributed by atoms with Gasteiger partial charge in [0.15, 0.2) is 5.84 Å². The topological polar surface area (TPSA) is 99.2 Å². The zero-order valence-corrected chi connectivity index (χ0v) is 12.0. The Morgan fingerprint density at radius 3 is 2.20 bits per heavy atom. The van der Waals surface area contributed by atoms with E-state index in [1.807, 2.05) is 12.1 Å². The SMILES string of the molecule is CS(=O)(=O)N1CCN(c2ccc(C(N)=NO)cc2)CC1. The van der Waals surface area contributed by atoms with Crippen LogP contribution in [0.15, 0.2) is 29.4 Å². The highest BCUT2D eigenvalue weighted by Gasteiger charge is 2.23. The Morgan fingerprint density at radius 2 is 1.75 bits per heavy atom. The van der Waals surface area contributed by atoms with Crippen molar-refractivity contribution in [3.05, 3.63) is 29.8 Å². The lowest BCUT2D eigenvalue weighted by Crippen LogP contribution is -2.48. The molecule has 20 heavy (non-hydrogen) atoms. The smallest absolute Gasteiger partial charge is 0.211 e. The molecule has 2 rings (SSSR count). The van der Waals surface area contributed by atoms with Crippen molar-refractivity contribution in [3.8, 4) is 0 Å². The number of piperazine rings is 1. The lowest BCUT2D eigenvalue weighted by atomic mass is 10.1. The summed E-state index contributed by atoms with van der Waals surface area (Å²) in [5.74, 6) is 0.0680. The number of nitrogens with two attached hydrogens (primary N) is 1. The largest absolute Gasteiger partial charge is 0.409 e. The molecule has 1 fully saturated rings. The summed E-state index contributed by atoms with van der Waals surface area (Å²) in [6.45, 7) is 2.27. The minimum absolute atomic E-state index is 0.0680. The van der Waals surface area contributed by atoms with Gasteiger partial charge in [-0.2, -0.15) is 4.31 Å². The van der Waals surface area contributed by atoms with Gasteiger partial charge in [-0.15, -0.1) is 0 Å². The Hall–Kier alpha value is -1.80. The van der Waals surface area contributed by atoms with Crippen molar-refractivity contribution in [2.24, 2.45) is 10.9 Å². The number of nitrogens with zero attached hydrogens (tertiary/aromatic N) is 3. The average molecular weight is 298 g/mol. The maximum absolute atomic E-state index is 11.4. The quantitative estimate of drug-likeness (QED) is 0.350. The monoisotopic (exact) mass is 298 g/mol. The first-order valence-corrected chi connectivity index (χ1v) is 8.04. The van der Waals surface area contributed by atoms with Crippen LogP contribution in [-0.2, 0) is 10.0 Å². The van der Waals surface area contributed by atoms with Gasteiger partial charge in [0.1, 0.15) is 0 Å². The van der Waals surface area contributed by atoms with E-state index in [-0.39, 0.29) is 5.84 Å². The first kappa shape index (κ1) is 14.6. The molecule has 8 heteroatoms. The molecule has 1 aromatic carbocycles. The second-order valence-electron chi connectivity index (χ2n) is 4.68. The fraction of sp³-hybridized carbons (Fsp3) is 0.417. The van der Waals surface area contributed by atoms with Crippen molar-refractivity contribution in [3.63, 3.8) is 0 Å². The molecular weight excluding hydrogens is 280 g/mol. The molecule has 0 radical (unpaired) electrons. The van der Waals surface area contributed by atoms with Crippen LogP contribution in [0.25, 0.3) is 0 Å². The van der Waals surface area contributed by atoms with Crippen molar-refractivity contribution in [2.75, 3.05) is 37.3 Å². The van der Waals surface area contributed by atoms with Crippen LogP contribution in [-0.4, -0.2) is 56.2 Å². The van der Waals surface area contributed by atoms with Crippen molar-refractivity contribution >= 4 is 21.5 Å². The normalized spacial score (nSPS) is 18.2. The van der Waals surface area contributed by atoms with Gasteiger partial charge in [-0.25, -0.2) is 8.42 Å². The van der Waals surface area contributed by atoms with Gasteiger partial charge >= 0.3 is 0 Å². The Labute approximate surface area is 118 Å². The molecule has 0 atom stereocenters. The van der Waals surface area contributed by atoms with Gasteiger partial charge in [-0.1, -0.05) is 5.16 Å². The third-order valence-electron chi connectivity index (χ3n) is 3.34. The van der Waals surface area contributed by atoms with Crippen LogP contribution in [0.5, 0.6) is 0 Å². The minimum Gasteiger partial charge on any atom is -0.409 e. The van der Waals surface area contributed by atoms with Gasteiger partial charge in [0.2, 0.25) is 10.0 Å². The number of amidine groups is 1. The molecule has 0 amide bonds. The molecule has 1 saturated heterocycles.